The van der Waals surface area contributed by atoms with E-state index in [9.17, 15) is 9.59 Å². The molecule has 0 atom stereocenters. The molecule has 2 N–H and O–H groups in total. The summed E-state index contributed by atoms with van der Waals surface area (Å²) >= 11 is 0. The normalized spacial score (nSPS) is 37.0. The highest BCUT2D eigenvalue weighted by molar-refractivity contribution is 5.75. The van der Waals surface area contributed by atoms with E-state index in [4.69, 9.17) is 4.74 Å². The zero-order valence-electron chi connectivity index (χ0n) is 15.3. The summed E-state index contributed by atoms with van der Waals surface area (Å²) in [6, 6.07) is 0.149. The number of likely N-dealkylation sites (tertiary alicyclic amines) is 1. The van der Waals surface area contributed by atoms with Crippen molar-refractivity contribution in [3.8, 4) is 0 Å². The van der Waals surface area contributed by atoms with Crippen LogP contribution in [0.2, 0.25) is 0 Å². The Labute approximate surface area is 150 Å². The van der Waals surface area contributed by atoms with Crippen molar-refractivity contribution in [2.75, 3.05) is 19.7 Å². The number of nitrogens with zero attached hydrogens (tertiary/aromatic N) is 1. The molecule has 6 nitrogen and oxygen atoms in total. The fourth-order valence-electron chi connectivity index (χ4n) is 6.15. The average Bonchev–Trinajstić information content (AvgIpc) is 2.53. The van der Waals surface area contributed by atoms with Gasteiger partial charge >= 0.3 is 12.1 Å². The molecule has 4 bridgehead atoms. The predicted molar refractivity (Wildman–Crippen MR) is 94.2 cm³/mol. The van der Waals surface area contributed by atoms with Crippen LogP contribution in [-0.2, 0) is 4.74 Å². The Balaban J connectivity index is 1.26. The first-order valence-electron chi connectivity index (χ1n) is 10.1. The quantitative estimate of drug-likeness (QED) is 0.823. The van der Waals surface area contributed by atoms with Crippen molar-refractivity contribution in [2.45, 2.75) is 69.9 Å². The monoisotopic (exact) mass is 349 g/mol. The van der Waals surface area contributed by atoms with Crippen LogP contribution in [0.4, 0.5) is 9.59 Å². The summed E-state index contributed by atoms with van der Waals surface area (Å²) in [6.45, 7) is 3.54. The molecule has 6 heteroatoms. The van der Waals surface area contributed by atoms with E-state index in [1.807, 2.05) is 6.92 Å². The molecule has 1 aliphatic heterocycles. The molecule has 0 aromatic heterocycles. The molecular formula is C19H31N3O3. The third-order valence-electron chi connectivity index (χ3n) is 6.77. The number of carbonyl (C=O) groups excluding carboxylic acids is 2. The van der Waals surface area contributed by atoms with Crippen molar-refractivity contribution in [1.29, 1.82) is 0 Å². The van der Waals surface area contributed by atoms with Crippen molar-refractivity contribution in [2.24, 2.45) is 17.8 Å². The smallest absolute Gasteiger partial charge is 0.409 e. The van der Waals surface area contributed by atoms with Crippen molar-refractivity contribution >= 4 is 12.1 Å². The summed E-state index contributed by atoms with van der Waals surface area (Å²) in [7, 11) is 0. The Morgan fingerprint density at radius 1 is 1.04 bits per heavy atom. The van der Waals surface area contributed by atoms with E-state index >= 15 is 0 Å². The van der Waals surface area contributed by atoms with Gasteiger partial charge < -0.3 is 20.3 Å². The molecule has 1 heterocycles. The number of hydrogen-bond donors (Lipinski definition) is 2. The Kier molecular flexibility index (Phi) is 4.54. The zero-order chi connectivity index (χ0) is 17.4. The van der Waals surface area contributed by atoms with Crippen molar-refractivity contribution in [3.05, 3.63) is 0 Å². The molecule has 0 spiro atoms. The van der Waals surface area contributed by atoms with Crippen LogP contribution in [0.3, 0.4) is 0 Å². The summed E-state index contributed by atoms with van der Waals surface area (Å²) in [5, 5.41) is 6.53. The van der Waals surface area contributed by atoms with Gasteiger partial charge in [-0.1, -0.05) is 0 Å². The minimum atomic E-state index is -0.237. The third kappa shape index (κ3) is 3.58. The van der Waals surface area contributed by atoms with Gasteiger partial charge in [-0.2, -0.15) is 0 Å². The first-order valence-corrected chi connectivity index (χ1v) is 10.1. The van der Waals surface area contributed by atoms with Gasteiger partial charge in [0.2, 0.25) is 0 Å². The van der Waals surface area contributed by atoms with Crippen LogP contribution >= 0.6 is 0 Å². The molecule has 140 valence electrons. The van der Waals surface area contributed by atoms with Crippen LogP contribution in [-0.4, -0.2) is 48.3 Å². The summed E-state index contributed by atoms with van der Waals surface area (Å²) in [6.07, 6.45) is 9.03. The largest absolute Gasteiger partial charge is 0.450 e. The second-order valence-electron chi connectivity index (χ2n) is 8.76. The number of ether oxygens (including phenoxy) is 1. The number of amides is 3. The van der Waals surface area contributed by atoms with Gasteiger partial charge in [0, 0.05) is 24.7 Å². The van der Waals surface area contributed by atoms with Crippen LogP contribution in [0, 0.1) is 17.8 Å². The van der Waals surface area contributed by atoms with Crippen molar-refractivity contribution < 1.29 is 14.3 Å². The number of hydrogen-bond acceptors (Lipinski definition) is 3. The molecule has 3 amide bonds. The fraction of sp³-hybridized carbons (Fsp3) is 0.895. The first-order chi connectivity index (χ1) is 12.0. The van der Waals surface area contributed by atoms with Crippen LogP contribution in [0.5, 0.6) is 0 Å². The fourth-order valence-corrected chi connectivity index (χ4v) is 6.15. The van der Waals surface area contributed by atoms with E-state index in [1.165, 1.54) is 38.5 Å². The third-order valence-corrected chi connectivity index (χ3v) is 6.77. The Bertz CT molecular complexity index is 493. The average molecular weight is 349 g/mol. The lowest BCUT2D eigenvalue weighted by molar-refractivity contribution is -0.0137. The molecule has 5 fully saturated rings. The number of urea groups is 1. The first kappa shape index (κ1) is 17.0. The number of rotatable bonds is 3. The van der Waals surface area contributed by atoms with Crippen LogP contribution in [0.15, 0.2) is 0 Å². The minimum Gasteiger partial charge on any atom is -0.450 e. The molecule has 1 saturated heterocycles. The topological polar surface area (TPSA) is 70.7 Å². The van der Waals surface area contributed by atoms with E-state index in [1.54, 1.807) is 4.90 Å². The second-order valence-corrected chi connectivity index (χ2v) is 8.76. The maximum absolute atomic E-state index is 12.6. The zero-order valence-corrected chi connectivity index (χ0v) is 15.3. The van der Waals surface area contributed by atoms with E-state index in [2.05, 4.69) is 10.6 Å². The van der Waals surface area contributed by atoms with Gasteiger partial charge in [0.1, 0.15) is 0 Å². The summed E-state index contributed by atoms with van der Waals surface area (Å²) in [5.74, 6) is 2.50. The molecule has 25 heavy (non-hydrogen) atoms. The lowest BCUT2D eigenvalue weighted by atomic mass is 9.53. The highest BCUT2D eigenvalue weighted by Gasteiger charge is 2.51. The Morgan fingerprint density at radius 3 is 2.12 bits per heavy atom. The van der Waals surface area contributed by atoms with Gasteiger partial charge in [-0.3, -0.25) is 0 Å². The van der Waals surface area contributed by atoms with Gasteiger partial charge in [0.05, 0.1) is 6.61 Å². The van der Waals surface area contributed by atoms with Gasteiger partial charge in [-0.25, -0.2) is 9.59 Å². The molecule has 5 rings (SSSR count). The minimum absolute atomic E-state index is 0.00321. The number of piperidine rings is 1. The SMILES string of the molecule is CCOC(=O)N1CCC(NC(=O)NC23CC4CC(CC(C4)C2)C3)CC1. The molecule has 0 aromatic carbocycles. The number of nitrogens with one attached hydrogen (secondary N) is 2. The number of carbonyl (C=O) groups is 2. The van der Waals surface area contributed by atoms with Gasteiger partial charge in [-0.05, 0) is 76.0 Å². The van der Waals surface area contributed by atoms with E-state index in [-0.39, 0.29) is 23.7 Å². The lowest BCUT2D eigenvalue weighted by Crippen LogP contribution is -2.62. The van der Waals surface area contributed by atoms with E-state index in [0.29, 0.717) is 19.7 Å². The van der Waals surface area contributed by atoms with Crippen LogP contribution in [0.25, 0.3) is 0 Å². The van der Waals surface area contributed by atoms with Gasteiger partial charge in [0.15, 0.2) is 0 Å². The second kappa shape index (κ2) is 6.69. The summed E-state index contributed by atoms with van der Waals surface area (Å²) < 4.78 is 5.04. The van der Waals surface area contributed by atoms with Crippen LogP contribution in [0.1, 0.15) is 58.3 Å². The van der Waals surface area contributed by atoms with E-state index < -0.39 is 0 Å². The molecular weight excluding hydrogens is 318 g/mol. The van der Waals surface area contributed by atoms with Crippen LogP contribution < -0.4 is 10.6 Å². The molecule has 0 radical (unpaired) electrons. The van der Waals surface area contributed by atoms with Crippen molar-refractivity contribution in [1.82, 2.24) is 15.5 Å². The molecule has 0 aromatic rings. The molecule has 4 aliphatic carbocycles. The lowest BCUT2D eigenvalue weighted by Gasteiger charge is -2.56. The van der Waals surface area contributed by atoms with Crippen molar-refractivity contribution in [3.63, 3.8) is 0 Å². The highest BCUT2D eigenvalue weighted by atomic mass is 16.6. The molecule has 0 unspecified atom stereocenters. The Hall–Kier alpha value is -1.46. The van der Waals surface area contributed by atoms with Gasteiger partial charge in [0.25, 0.3) is 0 Å². The van der Waals surface area contributed by atoms with Gasteiger partial charge in [-0.15, -0.1) is 0 Å². The standard InChI is InChI=1S/C19H31N3O3/c1-2-25-18(24)22-5-3-16(4-6-22)20-17(23)21-19-10-13-7-14(11-19)9-15(8-13)12-19/h13-16H,2-12H2,1H3,(H2,20,21,23). The summed E-state index contributed by atoms with van der Waals surface area (Å²) in [5.41, 5.74) is 0.0600. The molecule has 4 saturated carbocycles. The Morgan fingerprint density at radius 2 is 1.60 bits per heavy atom. The highest BCUT2D eigenvalue weighted by Crippen LogP contribution is 2.55. The maximum atomic E-state index is 12.6. The molecule has 5 aliphatic rings. The van der Waals surface area contributed by atoms with E-state index in [0.717, 1.165) is 30.6 Å². The predicted octanol–water partition coefficient (Wildman–Crippen LogP) is 2.88. The maximum Gasteiger partial charge on any atom is 0.409 e. The summed E-state index contributed by atoms with van der Waals surface area (Å²) in [4.78, 5) is 26.1.